The maximum absolute atomic E-state index is 11.8. The Balaban J connectivity index is 0.000000150. The summed E-state index contributed by atoms with van der Waals surface area (Å²) in [6.07, 6.45) is 5.41. The molecule has 2 N–H and O–H groups in total. The Kier molecular flexibility index (Phi) is 9.14. The van der Waals surface area contributed by atoms with Gasteiger partial charge in [0.25, 0.3) is 0 Å². The number of halogens is 1. The van der Waals surface area contributed by atoms with E-state index in [0.717, 1.165) is 16.6 Å². The van der Waals surface area contributed by atoms with Gasteiger partial charge in [-0.25, -0.2) is 0 Å². The largest absolute Gasteiger partial charge is 0.350 e. The number of carbonyl (C=O) groups is 4. The molecule has 2 aromatic carbocycles. The first kappa shape index (κ1) is 28.0. The molecule has 9 nitrogen and oxygen atoms in total. The van der Waals surface area contributed by atoms with Gasteiger partial charge in [-0.15, -0.1) is 11.6 Å². The third kappa shape index (κ3) is 6.92. The number of rotatable bonds is 3. The molecular weight excluding hydrogens is 518 g/mol. The molecule has 4 aromatic rings. The van der Waals surface area contributed by atoms with Crippen LogP contribution in [0.5, 0.6) is 0 Å². The second kappa shape index (κ2) is 12.7. The third-order valence-electron chi connectivity index (χ3n) is 6.84. The van der Waals surface area contributed by atoms with E-state index in [9.17, 15) is 19.2 Å². The van der Waals surface area contributed by atoms with Crippen LogP contribution in [0.2, 0.25) is 0 Å². The molecule has 0 radical (unpaired) electrons. The molecule has 0 saturated carbocycles. The monoisotopic (exact) mass is 549 g/mol. The van der Waals surface area contributed by atoms with E-state index in [4.69, 9.17) is 11.6 Å². The predicted octanol–water partition coefficient (Wildman–Crippen LogP) is 3.90. The molecule has 2 aliphatic rings. The fourth-order valence-corrected chi connectivity index (χ4v) is 5.04. The summed E-state index contributed by atoms with van der Waals surface area (Å²) in [6, 6.07) is 16.3. The fourth-order valence-electron chi connectivity index (χ4n) is 4.83. The summed E-state index contributed by atoms with van der Waals surface area (Å²) in [6.45, 7) is 0. The van der Waals surface area contributed by atoms with Gasteiger partial charge in [0, 0.05) is 74.1 Å². The minimum Gasteiger partial charge on any atom is -0.350 e. The molecular formula is C29H32ClN5O4. The van der Waals surface area contributed by atoms with Crippen LogP contribution in [0.25, 0.3) is 21.8 Å². The average molecular weight is 550 g/mol. The van der Waals surface area contributed by atoms with Gasteiger partial charge in [0.05, 0.1) is 11.2 Å². The number of aryl methyl sites for hydroxylation is 2. The van der Waals surface area contributed by atoms with Crippen molar-refractivity contribution in [3.8, 4) is 0 Å². The maximum atomic E-state index is 11.8. The minimum atomic E-state index is -0.175. The molecule has 0 bridgehead atoms. The number of para-hydroxylation sites is 2. The van der Waals surface area contributed by atoms with Crippen LogP contribution in [0, 0.1) is 5.92 Å². The Labute approximate surface area is 231 Å². The van der Waals surface area contributed by atoms with E-state index in [0.29, 0.717) is 44.4 Å². The first-order chi connectivity index (χ1) is 18.8. The highest BCUT2D eigenvalue weighted by Crippen LogP contribution is 2.24. The molecule has 1 unspecified atom stereocenters. The van der Waals surface area contributed by atoms with Crippen molar-refractivity contribution in [2.24, 2.45) is 20.0 Å². The van der Waals surface area contributed by atoms with Crippen molar-refractivity contribution >= 4 is 57.0 Å². The van der Waals surface area contributed by atoms with Crippen molar-refractivity contribution < 1.29 is 19.2 Å². The number of nitrogens with one attached hydrogen (secondary N) is 2. The normalized spacial score (nSPS) is 17.2. The van der Waals surface area contributed by atoms with Gasteiger partial charge in [-0.05, 0) is 30.5 Å². The highest BCUT2D eigenvalue weighted by molar-refractivity contribution is 6.18. The van der Waals surface area contributed by atoms with Crippen molar-refractivity contribution in [3.63, 3.8) is 0 Å². The molecule has 2 aliphatic heterocycles. The molecule has 2 fully saturated rings. The van der Waals surface area contributed by atoms with Crippen LogP contribution in [0.15, 0.2) is 54.7 Å². The highest BCUT2D eigenvalue weighted by atomic mass is 35.5. The van der Waals surface area contributed by atoms with E-state index < -0.39 is 0 Å². The second-order valence-electron chi connectivity index (χ2n) is 9.68. The molecule has 2 aromatic heterocycles. The maximum Gasteiger partial charge on any atom is 0.230 e. The van der Waals surface area contributed by atoms with Crippen LogP contribution in [0.4, 0.5) is 0 Å². The van der Waals surface area contributed by atoms with Crippen LogP contribution in [0.3, 0.4) is 0 Å². The Morgan fingerprint density at radius 1 is 0.846 bits per heavy atom. The van der Waals surface area contributed by atoms with Crippen molar-refractivity contribution in [1.29, 1.82) is 0 Å². The summed E-state index contributed by atoms with van der Waals surface area (Å²) in [5.41, 5.74) is 4.43. The van der Waals surface area contributed by atoms with Gasteiger partial charge in [0.2, 0.25) is 23.6 Å². The van der Waals surface area contributed by atoms with E-state index >= 15 is 0 Å². The Morgan fingerprint density at radius 3 is 2.08 bits per heavy atom. The topological polar surface area (TPSA) is 115 Å². The third-order valence-corrected chi connectivity index (χ3v) is 7.13. The van der Waals surface area contributed by atoms with Crippen LogP contribution < -0.4 is 10.6 Å². The number of hydrogen-bond donors (Lipinski definition) is 2. The van der Waals surface area contributed by atoms with E-state index in [1.807, 2.05) is 55.2 Å². The van der Waals surface area contributed by atoms with Crippen LogP contribution in [0.1, 0.15) is 43.4 Å². The fraction of sp³-hybridized carbons (Fsp3) is 0.345. The summed E-state index contributed by atoms with van der Waals surface area (Å²) < 4.78 is 3.93. The van der Waals surface area contributed by atoms with Gasteiger partial charge >= 0.3 is 0 Å². The molecule has 0 aliphatic carbocycles. The lowest BCUT2D eigenvalue weighted by Crippen LogP contribution is -2.41. The molecule has 10 heteroatoms. The summed E-state index contributed by atoms with van der Waals surface area (Å²) in [4.78, 5) is 43.6. The lowest BCUT2D eigenvalue weighted by Gasteiger charge is -2.19. The molecule has 4 heterocycles. The van der Waals surface area contributed by atoms with Gasteiger partial charge in [0.1, 0.15) is 0 Å². The number of imide groups is 2. The Morgan fingerprint density at radius 2 is 1.46 bits per heavy atom. The first-order valence-electron chi connectivity index (χ1n) is 12.9. The zero-order valence-electron chi connectivity index (χ0n) is 22.1. The second-order valence-corrected chi connectivity index (χ2v) is 9.95. The summed E-state index contributed by atoms with van der Waals surface area (Å²) in [5, 5.41) is 11.4. The van der Waals surface area contributed by atoms with Crippen molar-refractivity contribution in [1.82, 2.24) is 25.0 Å². The number of benzene rings is 2. The highest BCUT2D eigenvalue weighted by Gasteiger charge is 2.28. The molecule has 0 spiro atoms. The van der Waals surface area contributed by atoms with E-state index in [1.165, 1.54) is 16.5 Å². The van der Waals surface area contributed by atoms with Crippen molar-refractivity contribution in [3.05, 3.63) is 66.0 Å². The first-order valence-corrected chi connectivity index (χ1v) is 13.5. The van der Waals surface area contributed by atoms with Gasteiger partial charge in [-0.1, -0.05) is 36.4 Å². The number of fused-ring (bicyclic) bond motifs is 2. The lowest BCUT2D eigenvalue weighted by atomic mass is 9.92. The number of carbonyl (C=O) groups excluding carboxylic acids is 4. The zero-order chi connectivity index (χ0) is 27.9. The summed E-state index contributed by atoms with van der Waals surface area (Å²) >= 11 is 5.81. The van der Waals surface area contributed by atoms with Crippen LogP contribution in [-0.4, -0.2) is 38.0 Å². The number of hydrogen-bond acceptors (Lipinski definition) is 5. The summed E-state index contributed by atoms with van der Waals surface area (Å²) in [7, 11) is 3.94. The Bertz CT molecular complexity index is 1510. The molecule has 204 valence electrons. The van der Waals surface area contributed by atoms with E-state index in [1.54, 1.807) is 0 Å². The van der Waals surface area contributed by atoms with Crippen molar-refractivity contribution in [2.75, 3.05) is 0 Å². The molecule has 4 amide bonds. The number of aromatic nitrogens is 3. The molecule has 1 atom stereocenters. The number of piperidine rings is 2. The molecule has 39 heavy (non-hydrogen) atoms. The van der Waals surface area contributed by atoms with E-state index in [-0.39, 0.29) is 29.5 Å². The smallest absolute Gasteiger partial charge is 0.230 e. The van der Waals surface area contributed by atoms with Gasteiger partial charge in [-0.3, -0.25) is 34.5 Å². The van der Waals surface area contributed by atoms with E-state index in [2.05, 4.69) is 38.6 Å². The number of amides is 4. The lowest BCUT2D eigenvalue weighted by molar-refractivity contribution is -0.137. The number of alkyl halides is 1. The van der Waals surface area contributed by atoms with Crippen LogP contribution >= 0.6 is 11.6 Å². The zero-order valence-corrected chi connectivity index (χ0v) is 22.8. The SMILES string of the molecule is Cn1cc(CCl)c2ccccc21.Cn1nc(CC2CCC(=O)NC2=O)c2ccccc21.O=C1CCCC(=O)N1. The minimum absolute atomic E-state index is 0.138. The molecule has 6 rings (SSSR count). The van der Waals surface area contributed by atoms with Gasteiger partial charge in [-0.2, -0.15) is 5.10 Å². The van der Waals surface area contributed by atoms with Crippen molar-refractivity contribution in [2.45, 2.75) is 44.4 Å². The van der Waals surface area contributed by atoms with Gasteiger partial charge in [0.15, 0.2) is 0 Å². The Hall–Kier alpha value is -3.98. The standard InChI is InChI=1S/C14H15N3O2.C10H10ClN.C5H7NO2/c1-17-12-5-3-2-4-10(12)11(16-17)8-9-6-7-13(18)15-14(9)19;1-12-7-8(6-11)9-4-2-3-5-10(9)12;7-4-2-1-3-5(8)6-4/h2-5,9H,6-8H2,1H3,(H,15,18,19);2-5,7H,6H2,1H3;1-3H2,(H,6,7,8). The number of nitrogens with zero attached hydrogens (tertiary/aromatic N) is 3. The average Bonchev–Trinajstić information content (AvgIpc) is 3.42. The van der Waals surface area contributed by atoms with Gasteiger partial charge < -0.3 is 4.57 Å². The summed E-state index contributed by atoms with van der Waals surface area (Å²) in [5.74, 6) is -0.196. The quantitative estimate of drug-likeness (QED) is 0.297. The predicted molar refractivity (Wildman–Crippen MR) is 150 cm³/mol. The van der Waals surface area contributed by atoms with Crippen LogP contribution in [-0.2, 0) is 45.6 Å². The molecule has 2 saturated heterocycles.